The standard InChI is InChI=1S/C18H26N4/c1-4-22-10-9-17(19-22)13-20(2)14-18-11-15-7-5-6-8-16(15)12-21(18)3/h5-10,18H,4,11-14H2,1-3H3/t18-/m0/s1. The van der Waals surface area contributed by atoms with Gasteiger partial charge in [-0.05, 0) is 44.6 Å². The van der Waals surface area contributed by atoms with Gasteiger partial charge in [0, 0.05) is 38.4 Å². The number of aryl methyl sites for hydroxylation is 1. The first-order valence-electron chi connectivity index (χ1n) is 8.13. The Morgan fingerprint density at radius 2 is 2.00 bits per heavy atom. The lowest BCUT2D eigenvalue weighted by Crippen LogP contribution is -2.44. The lowest BCUT2D eigenvalue weighted by Gasteiger charge is -2.36. The maximum atomic E-state index is 4.58. The molecule has 1 atom stereocenters. The number of rotatable bonds is 5. The summed E-state index contributed by atoms with van der Waals surface area (Å²) in [4.78, 5) is 4.86. The van der Waals surface area contributed by atoms with Crippen molar-refractivity contribution in [3.05, 3.63) is 53.3 Å². The summed E-state index contributed by atoms with van der Waals surface area (Å²) in [6.07, 6.45) is 3.20. The van der Waals surface area contributed by atoms with E-state index in [9.17, 15) is 0 Å². The molecule has 2 aromatic rings. The smallest absolute Gasteiger partial charge is 0.0764 e. The van der Waals surface area contributed by atoms with E-state index in [1.807, 2.05) is 4.68 Å². The summed E-state index contributed by atoms with van der Waals surface area (Å²) >= 11 is 0. The van der Waals surface area contributed by atoms with E-state index in [0.717, 1.165) is 38.3 Å². The van der Waals surface area contributed by atoms with Crippen LogP contribution in [-0.4, -0.2) is 46.3 Å². The first-order chi connectivity index (χ1) is 10.7. The van der Waals surface area contributed by atoms with Gasteiger partial charge in [-0.2, -0.15) is 5.10 Å². The van der Waals surface area contributed by atoms with E-state index in [1.54, 1.807) is 0 Å². The van der Waals surface area contributed by atoms with Crippen molar-refractivity contribution in [3.63, 3.8) is 0 Å². The summed E-state index contributed by atoms with van der Waals surface area (Å²) in [6, 6.07) is 11.5. The topological polar surface area (TPSA) is 24.3 Å². The summed E-state index contributed by atoms with van der Waals surface area (Å²) in [5.74, 6) is 0. The van der Waals surface area contributed by atoms with Crippen LogP contribution in [0.25, 0.3) is 0 Å². The van der Waals surface area contributed by atoms with Crippen molar-refractivity contribution in [2.45, 2.75) is 39.0 Å². The second-order valence-corrected chi connectivity index (χ2v) is 6.40. The third kappa shape index (κ3) is 3.39. The zero-order chi connectivity index (χ0) is 15.5. The van der Waals surface area contributed by atoms with Crippen molar-refractivity contribution in [3.8, 4) is 0 Å². The van der Waals surface area contributed by atoms with Crippen molar-refractivity contribution in [2.24, 2.45) is 0 Å². The summed E-state index contributed by atoms with van der Waals surface area (Å²) in [7, 11) is 4.43. The number of hydrogen-bond donors (Lipinski definition) is 0. The number of nitrogens with zero attached hydrogens (tertiary/aromatic N) is 4. The number of likely N-dealkylation sites (N-methyl/N-ethyl adjacent to an activating group) is 2. The van der Waals surface area contributed by atoms with Gasteiger partial charge in [0.25, 0.3) is 0 Å². The molecule has 0 amide bonds. The zero-order valence-corrected chi connectivity index (χ0v) is 13.9. The highest BCUT2D eigenvalue weighted by molar-refractivity contribution is 5.30. The fraction of sp³-hybridized carbons (Fsp3) is 0.500. The summed E-state index contributed by atoms with van der Waals surface area (Å²) < 4.78 is 1.99. The number of aromatic nitrogens is 2. The molecule has 4 nitrogen and oxygen atoms in total. The van der Waals surface area contributed by atoms with Crippen LogP contribution in [0.2, 0.25) is 0 Å². The van der Waals surface area contributed by atoms with Gasteiger partial charge in [0.1, 0.15) is 0 Å². The Bertz CT molecular complexity index is 619. The second-order valence-electron chi connectivity index (χ2n) is 6.40. The highest BCUT2D eigenvalue weighted by Gasteiger charge is 2.24. The van der Waals surface area contributed by atoms with Gasteiger partial charge in [0.2, 0.25) is 0 Å². The van der Waals surface area contributed by atoms with Crippen LogP contribution in [0.4, 0.5) is 0 Å². The normalized spacial score (nSPS) is 18.6. The molecule has 2 heterocycles. The molecule has 0 aliphatic carbocycles. The third-order valence-electron chi connectivity index (χ3n) is 4.59. The van der Waals surface area contributed by atoms with E-state index >= 15 is 0 Å². The Balaban J connectivity index is 1.60. The quantitative estimate of drug-likeness (QED) is 0.847. The lowest BCUT2D eigenvalue weighted by molar-refractivity contribution is 0.157. The van der Waals surface area contributed by atoms with Crippen LogP contribution >= 0.6 is 0 Å². The molecule has 118 valence electrons. The Hall–Kier alpha value is -1.65. The van der Waals surface area contributed by atoms with Crippen molar-refractivity contribution < 1.29 is 0 Å². The summed E-state index contributed by atoms with van der Waals surface area (Å²) in [6.45, 7) is 6.10. The van der Waals surface area contributed by atoms with Crippen molar-refractivity contribution in [2.75, 3.05) is 20.6 Å². The first kappa shape index (κ1) is 15.3. The van der Waals surface area contributed by atoms with Crippen molar-refractivity contribution in [1.82, 2.24) is 19.6 Å². The van der Waals surface area contributed by atoms with Gasteiger partial charge in [-0.1, -0.05) is 24.3 Å². The van der Waals surface area contributed by atoms with E-state index in [0.29, 0.717) is 6.04 Å². The van der Waals surface area contributed by atoms with Crippen LogP contribution in [0.3, 0.4) is 0 Å². The molecule has 0 spiro atoms. The molecule has 1 aliphatic heterocycles. The van der Waals surface area contributed by atoms with Gasteiger partial charge >= 0.3 is 0 Å². The van der Waals surface area contributed by atoms with Gasteiger partial charge in [-0.15, -0.1) is 0 Å². The monoisotopic (exact) mass is 298 g/mol. The first-order valence-corrected chi connectivity index (χ1v) is 8.13. The Morgan fingerprint density at radius 3 is 2.73 bits per heavy atom. The van der Waals surface area contributed by atoms with E-state index in [1.165, 1.54) is 11.1 Å². The molecule has 0 fully saturated rings. The molecule has 0 bridgehead atoms. The number of fused-ring (bicyclic) bond motifs is 1. The lowest BCUT2D eigenvalue weighted by atomic mass is 9.94. The molecule has 0 unspecified atom stereocenters. The molecule has 0 N–H and O–H groups in total. The zero-order valence-electron chi connectivity index (χ0n) is 13.9. The largest absolute Gasteiger partial charge is 0.299 e. The molecule has 4 heteroatoms. The minimum atomic E-state index is 0.577. The highest BCUT2D eigenvalue weighted by atomic mass is 15.3. The van der Waals surface area contributed by atoms with Gasteiger partial charge in [0.05, 0.1) is 5.69 Å². The predicted molar refractivity (Wildman–Crippen MR) is 89.6 cm³/mol. The van der Waals surface area contributed by atoms with E-state index < -0.39 is 0 Å². The third-order valence-corrected chi connectivity index (χ3v) is 4.59. The molecule has 3 rings (SSSR count). The van der Waals surface area contributed by atoms with Crippen LogP contribution in [0.15, 0.2) is 36.5 Å². The molecule has 0 saturated heterocycles. The van der Waals surface area contributed by atoms with E-state index in [4.69, 9.17) is 0 Å². The Labute approximate surface area is 133 Å². The average molecular weight is 298 g/mol. The molecule has 0 radical (unpaired) electrons. The fourth-order valence-corrected chi connectivity index (χ4v) is 3.29. The molecule has 0 saturated carbocycles. The minimum absolute atomic E-state index is 0.577. The summed E-state index contributed by atoms with van der Waals surface area (Å²) in [5.41, 5.74) is 4.14. The molecular weight excluding hydrogens is 272 g/mol. The second kappa shape index (κ2) is 6.63. The van der Waals surface area contributed by atoms with Gasteiger partial charge in [-0.25, -0.2) is 0 Å². The van der Waals surface area contributed by atoms with Gasteiger partial charge in [0.15, 0.2) is 0 Å². The summed E-state index contributed by atoms with van der Waals surface area (Å²) in [5, 5.41) is 4.58. The van der Waals surface area contributed by atoms with Crippen LogP contribution in [0.1, 0.15) is 23.7 Å². The van der Waals surface area contributed by atoms with Gasteiger partial charge in [-0.3, -0.25) is 14.5 Å². The Morgan fingerprint density at radius 1 is 1.23 bits per heavy atom. The SMILES string of the molecule is CCn1ccc(CN(C)C[C@@H]2Cc3ccccc3CN2C)n1. The molecule has 1 aromatic carbocycles. The van der Waals surface area contributed by atoms with Crippen LogP contribution in [0, 0.1) is 0 Å². The Kier molecular flexibility index (Phi) is 4.60. The molecule has 22 heavy (non-hydrogen) atoms. The van der Waals surface area contributed by atoms with Crippen LogP contribution in [-0.2, 0) is 26.1 Å². The maximum absolute atomic E-state index is 4.58. The molecule has 1 aliphatic rings. The van der Waals surface area contributed by atoms with E-state index in [2.05, 4.69) is 72.4 Å². The van der Waals surface area contributed by atoms with E-state index in [-0.39, 0.29) is 0 Å². The van der Waals surface area contributed by atoms with Crippen LogP contribution < -0.4 is 0 Å². The average Bonchev–Trinajstić information content (AvgIpc) is 2.95. The highest BCUT2D eigenvalue weighted by Crippen LogP contribution is 2.22. The van der Waals surface area contributed by atoms with Crippen LogP contribution in [0.5, 0.6) is 0 Å². The minimum Gasteiger partial charge on any atom is -0.299 e. The van der Waals surface area contributed by atoms with Crippen molar-refractivity contribution in [1.29, 1.82) is 0 Å². The maximum Gasteiger partial charge on any atom is 0.0764 e. The fourth-order valence-electron chi connectivity index (χ4n) is 3.29. The molecular formula is C18H26N4. The van der Waals surface area contributed by atoms with Gasteiger partial charge < -0.3 is 0 Å². The number of hydrogen-bond acceptors (Lipinski definition) is 3. The van der Waals surface area contributed by atoms with Crippen molar-refractivity contribution >= 4 is 0 Å². The number of benzene rings is 1. The predicted octanol–water partition coefficient (Wildman–Crippen LogP) is 2.39. The molecule has 1 aromatic heterocycles.